The molecule has 0 saturated carbocycles. The molecule has 0 saturated heterocycles. The molecule has 0 aliphatic carbocycles. The highest BCUT2D eigenvalue weighted by Gasteiger charge is 2.17. The molecule has 14 heavy (non-hydrogen) atoms. The maximum absolute atomic E-state index is 11.4. The number of nitrogens with zero attached hydrogens (tertiary/aromatic N) is 1. The van der Waals surface area contributed by atoms with E-state index in [1.165, 1.54) is 14.2 Å². The fourth-order valence-electron chi connectivity index (χ4n) is 1.25. The van der Waals surface area contributed by atoms with Crippen LogP contribution in [0.15, 0.2) is 12.3 Å². The van der Waals surface area contributed by atoms with Gasteiger partial charge in [-0.25, -0.2) is 9.78 Å². The van der Waals surface area contributed by atoms with Crippen molar-refractivity contribution in [3.63, 3.8) is 0 Å². The lowest BCUT2D eigenvalue weighted by molar-refractivity contribution is 0.0595. The second kappa shape index (κ2) is 4.60. The van der Waals surface area contributed by atoms with Crippen LogP contribution in [0.3, 0.4) is 0 Å². The summed E-state index contributed by atoms with van der Waals surface area (Å²) in [5.41, 5.74) is 1.30. The lowest BCUT2D eigenvalue weighted by Gasteiger charge is -2.09. The molecule has 1 heterocycles. The first-order chi connectivity index (χ1) is 6.74. The van der Waals surface area contributed by atoms with Crippen molar-refractivity contribution in [1.29, 1.82) is 0 Å². The average molecular weight is 195 g/mol. The SMILES string of the molecule is CCc1ccnc(OC)c1C(=O)OC. The van der Waals surface area contributed by atoms with Crippen LogP contribution in [0.4, 0.5) is 0 Å². The van der Waals surface area contributed by atoms with E-state index in [0.717, 1.165) is 12.0 Å². The number of methoxy groups -OCH3 is 2. The monoisotopic (exact) mass is 195 g/mol. The number of carbonyl (C=O) groups is 1. The Bertz CT molecular complexity index is 314. The summed E-state index contributed by atoms with van der Waals surface area (Å²) >= 11 is 0. The number of aryl methyl sites for hydroxylation is 1. The Morgan fingerprint density at radius 1 is 1.50 bits per heavy atom. The van der Waals surface area contributed by atoms with Crippen LogP contribution in [0, 0.1) is 0 Å². The second-order valence-electron chi connectivity index (χ2n) is 2.70. The summed E-state index contributed by atoms with van der Waals surface area (Å²) in [4.78, 5) is 15.4. The molecule has 1 aromatic rings. The van der Waals surface area contributed by atoms with Gasteiger partial charge < -0.3 is 9.47 Å². The molecular formula is C10H13NO3. The second-order valence-corrected chi connectivity index (χ2v) is 2.70. The molecule has 0 aliphatic heterocycles. The Morgan fingerprint density at radius 2 is 2.21 bits per heavy atom. The predicted molar refractivity (Wildman–Crippen MR) is 51.5 cm³/mol. The molecule has 0 atom stereocenters. The zero-order valence-electron chi connectivity index (χ0n) is 8.53. The summed E-state index contributed by atoms with van der Waals surface area (Å²) in [5.74, 6) is -0.0944. The van der Waals surface area contributed by atoms with Gasteiger partial charge in [0.2, 0.25) is 5.88 Å². The third kappa shape index (κ3) is 1.84. The molecule has 0 fully saturated rings. The first kappa shape index (κ1) is 10.5. The molecule has 0 aromatic carbocycles. The minimum Gasteiger partial charge on any atom is -0.480 e. The highest BCUT2D eigenvalue weighted by molar-refractivity contribution is 5.93. The highest BCUT2D eigenvalue weighted by atomic mass is 16.5. The van der Waals surface area contributed by atoms with Crippen LogP contribution in [-0.4, -0.2) is 25.2 Å². The van der Waals surface area contributed by atoms with Crippen LogP contribution in [0.1, 0.15) is 22.8 Å². The van der Waals surface area contributed by atoms with E-state index in [2.05, 4.69) is 9.72 Å². The number of rotatable bonds is 3. The molecule has 76 valence electrons. The van der Waals surface area contributed by atoms with Gasteiger partial charge in [-0.1, -0.05) is 6.92 Å². The van der Waals surface area contributed by atoms with Gasteiger partial charge in [-0.05, 0) is 18.1 Å². The van der Waals surface area contributed by atoms with Gasteiger partial charge in [0.05, 0.1) is 14.2 Å². The number of pyridine rings is 1. The van der Waals surface area contributed by atoms with Crippen LogP contribution < -0.4 is 4.74 Å². The van der Waals surface area contributed by atoms with Gasteiger partial charge in [0.25, 0.3) is 0 Å². The Labute approximate surface area is 82.9 Å². The molecule has 1 rings (SSSR count). The average Bonchev–Trinajstić information content (AvgIpc) is 2.26. The molecule has 4 nitrogen and oxygen atoms in total. The van der Waals surface area contributed by atoms with Crippen LogP contribution in [0.25, 0.3) is 0 Å². The van der Waals surface area contributed by atoms with Crippen molar-refractivity contribution in [2.75, 3.05) is 14.2 Å². The van der Waals surface area contributed by atoms with Crippen molar-refractivity contribution >= 4 is 5.97 Å². The molecule has 0 spiro atoms. The van der Waals surface area contributed by atoms with Crippen LogP contribution in [0.5, 0.6) is 5.88 Å². The topological polar surface area (TPSA) is 48.4 Å². The number of aromatic nitrogens is 1. The summed E-state index contributed by atoms with van der Waals surface area (Å²) in [6.07, 6.45) is 2.35. The van der Waals surface area contributed by atoms with Gasteiger partial charge in [-0.2, -0.15) is 0 Å². The van der Waals surface area contributed by atoms with E-state index in [0.29, 0.717) is 11.4 Å². The fourth-order valence-corrected chi connectivity index (χ4v) is 1.25. The van der Waals surface area contributed by atoms with E-state index in [-0.39, 0.29) is 0 Å². The lowest BCUT2D eigenvalue weighted by atomic mass is 10.1. The Balaban J connectivity index is 3.25. The van der Waals surface area contributed by atoms with Gasteiger partial charge in [-0.3, -0.25) is 0 Å². The van der Waals surface area contributed by atoms with Crippen LogP contribution in [-0.2, 0) is 11.2 Å². The number of hydrogen-bond donors (Lipinski definition) is 0. The van der Waals surface area contributed by atoms with E-state index < -0.39 is 5.97 Å². The molecule has 0 amide bonds. The molecule has 4 heteroatoms. The fraction of sp³-hybridized carbons (Fsp3) is 0.400. The van der Waals surface area contributed by atoms with Crippen LogP contribution >= 0.6 is 0 Å². The van der Waals surface area contributed by atoms with Crippen molar-refractivity contribution in [2.45, 2.75) is 13.3 Å². The van der Waals surface area contributed by atoms with E-state index in [4.69, 9.17) is 4.74 Å². The quantitative estimate of drug-likeness (QED) is 0.685. The predicted octanol–water partition coefficient (Wildman–Crippen LogP) is 1.44. The highest BCUT2D eigenvalue weighted by Crippen LogP contribution is 2.20. The lowest BCUT2D eigenvalue weighted by Crippen LogP contribution is -2.09. The third-order valence-electron chi connectivity index (χ3n) is 1.97. The summed E-state index contributed by atoms with van der Waals surface area (Å²) < 4.78 is 9.66. The van der Waals surface area contributed by atoms with E-state index in [9.17, 15) is 4.79 Å². The summed E-state index contributed by atoms with van der Waals surface area (Å²) in [5, 5.41) is 0. The zero-order chi connectivity index (χ0) is 10.6. The zero-order valence-corrected chi connectivity index (χ0v) is 8.53. The minimum absolute atomic E-state index is 0.316. The van der Waals surface area contributed by atoms with Crippen molar-refractivity contribution < 1.29 is 14.3 Å². The van der Waals surface area contributed by atoms with Gasteiger partial charge in [-0.15, -0.1) is 0 Å². The van der Waals surface area contributed by atoms with Gasteiger partial charge in [0.15, 0.2) is 0 Å². The third-order valence-corrected chi connectivity index (χ3v) is 1.97. The number of ether oxygens (including phenoxy) is 2. The van der Waals surface area contributed by atoms with Gasteiger partial charge in [0, 0.05) is 6.20 Å². The minimum atomic E-state index is -0.410. The summed E-state index contributed by atoms with van der Waals surface area (Å²) in [6.45, 7) is 1.96. The van der Waals surface area contributed by atoms with Crippen molar-refractivity contribution in [1.82, 2.24) is 4.98 Å². The molecule has 1 aromatic heterocycles. The maximum Gasteiger partial charge on any atom is 0.343 e. The summed E-state index contributed by atoms with van der Waals surface area (Å²) in [6, 6.07) is 1.79. The molecule has 0 aliphatic rings. The van der Waals surface area contributed by atoms with Crippen molar-refractivity contribution in [3.05, 3.63) is 23.4 Å². The van der Waals surface area contributed by atoms with E-state index in [1.54, 1.807) is 12.3 Å². The molecule has 0 bridgehead atoms. The van der Waals surface area contributed by atoms with Crippen LogP contribution in [0.2, 0.25) is 0 Å². The van der Waals surface area contributed by atoms with Gasteiger partial charge >= 0.3 is 5.97 Å². The van der Waals surface area contributed by atoms with E-state index >= 15 is 0 Å². The van der Waals surface area contributed by atoms with Crippen molar-refractivity contribution in [3.8, 4) is 5.88 Å². The maximum atomic E-state index is 11.4. The normalized spacial score (nSPS) is 9.64. The van der Waals surface area contributed by atoms with Gasteiger partial charge in [0.1, 0.15) is 5.56 Å². The largest absolute Gasteiger partial charge is 0.480 e. The van der Waals surface area contributed by atoms with E-state index in [1.807, 2.05) is 6.92 Å². The standard InChI is InChI=1S/C10H13NO3/c1-4-7-5-6-11-9(13-2)8(7)10(12)14-3/h5-6H,4H2,1-3H3. The Kier molecular flexibility index (Phi) is 3.45. The Morgan fingerprint density at radius 3 is 2.71 bits per heavy atom. The number of carbonyl (C=O) groups excluding carboxylic acids is 1. The summed E-state index contributed by atoms with van der Waals surface area (Å²) in [7, 11) is 2.82. The molecular weight excluding hydrogens is 182 g/mol. The smallest absolute Gasteiger partial charge is 0.343 e. The number of esters is 1. The first-order valence-corrected chi connectivity index (χ1v) is 4.34. The first-order valence-electron chi connectivity index (χ1n) is 4.34. The number of hydrogen-bond acceptors (Lipinski definition) is 4. The molecule has 0 unspecified atom stereocenters. The molecule has 0 radical (unpaired) electrons. The Hall–Kier alpha value is -1.58. The van der Waals surface area contributed by atoms with Crippen molar-refractivity contribution in [2.24, 2.45) is 0 Å². The molecule has 0 N–H and O–H groups in total.